The van der Waals surface area contributed by atoms with Crippen molar-refractivity contribution in [2.75, 3.05) is 37.1 Å². The van der Waals surface area contributed by atoms with Crippen LogP contribution in [0, 0.1) is 0 Å². The Labute approximate surface area is 142 Å². The highest BCUT2D eigenvalue weighted by atomic mass is 32.2. The van der Waals surface area contributed by atoms with Gasteiger partial charge in [0, 0.05) is 24.3 Å². The van der Waals surface area contributed by atoms with Crippen LogP contribution < -0.4 is 14.8 Å². The summed E-state index contributed by atoms with van der Waals surface area (Å²) in [6.07, 6.45) is 0.483. The highest BCUT2D eigenvalue weighted by Gasteiger charge is 2.34. The van der Waals surface area contributed by atoms with Crippen LogP contribution >= 0.6 is 0 Å². The lowest BCUT2D eigenvalue weighted by Crippen LogP contribution is -2.43. The molecule has 1 saturated heterocycles. The average Bonchev–Trinajstić information content (AvgIpc) is 2.88. The topological polar surface area (TPSA) is 84.9 Å². The third-order valence-electron chi connectivity index (χ3n) is 3.97. The summed E-state index contributed by atoms with van der Waals surface area (Å²) in [6.45, 7) is 4.63. The number of ether oxygens (including phenoxy) is 2. The molecule has 1 fully saturated rings. The lowest BCUT2D eigenvalue weighted by Gasteiger charge is -2.27. The molecule has 1 atom stereocenters. The Kier molecular flexibility index (Phi) is 5.93. The summed E-state index contributed by atoms with van der Waals surface area (Å²) in [4.78, 5) is 14.1. The summed E-state index contributed by atoms with van der Waals surface area (Å²) in [6, 6.07) is 4.55. The molecule has 0 saturated carbocycles. The van der Waals surface area contributed by atoms with E-state index >= 15 is 0 Å². The number of hydrogen-bond donors (Lipinski definition) is 1. The van der Waals surface area contributed by atoms with E-state index in [0.717, 1.165) is 0 Å². The maximum atomic E-state index is 12.5. The Morgan fingerprint density at radius 2 is 2.08 bits per heavy atom. The molecule has 0 spiro atoms. The fourth-order valence-electron chi connectivity index (χ4n) is 2.81. The molecular formula is C16H24N2O5S. The number of hydrogen-bond acceptors (Lipinski definition) is 5. The number of rotatable bonds is 6. The molecule has 1 N–H and O–H groups in total. The predicted molar refractivity (Wildman–Crippen MR) is 92.6 cm³/mol. The van der Waals surface area contributed by atoms with Gasteiger partial charge in [-0.2, -0.15) is 0 Å². The second-order valence-electron chi connectivity index (χ2n) is 5.57. The van der Waals surface area contributed by atoms with Gasteiger partial charge in [0.15, 0.2) is 21.3 Å². The molecule has 1 aromatic carbocycles. The second kappa shape index (κ2) is 7.74. The molecule has 1 aliphatic rings. The molecule has 2 amide bonds. The minimum atomic E-state index is -3.04. The van der Waals surface area contributed by atoms with E-state index in [1.54, 1.807) is 30.2 Å². The van der Waals surface area contributed by atoms with Crippen LogP contribution in [-0.2, 0) is 9.84 Å². The fourth-order valence-corrected chi connectivity index (χ4v) is 4.54. The molecular weight excluding hydrogens is 332 g/mol. The van der Waals surface area contributed by atoms with E-state index in [-0.39, 0.29) is 23.6 Å². The van der Waals surface area contributed by atoms with Crippen LogP contribution in [-0.4, -0.2) is 57.2 Å². The minimum Gasteiger partial charge on any atom is -0.493 e. The molecule has 0 aliphatic carbocycles. The van der Waals surface area contributed by atoms with Gasteiger partial charge in [-0.1, -0.05) is 0 Å². The zero-order chi connectivity index (χ0) is 17.7. The first-order valence-corrected chi connectivity index (χ1v) is 9.81. The van der Waals surface area contributed by atoms with Crippen molar-refractivity contribution < 1.29 is 22.7 Å². The molecule has 0 bridgehead atoms. The molecule has 2 rings (SSSR count). The Morgan fingerprint density at radius 3 is 2.62 bits per heavy atom. The van der Waals surface area contributed by atoms with E-state index < -0.39 is 9.84 Å². The number of nitrogens with zero attached hydrogens (tertiary/aromatic N) is 1. The molecule has 1 heterocycles. The molecule has 8 heteroatoms. The van der Waals surface area contributed by atoms with Gasteiger partial charge in [-0.25, -0.2) is 13.2 Å². The first-order chi connectivity index (χ1) is 11.4. The normalized spacial score (nSPS) is 18.9. The van der Waals surface area contributed by atoms with Gasteiger partial charge in [0.1, 0.15) is 0 Å². The van der Waals surface area contributed by atoms with Crippen LogP contribution in [0.25, 0.3) is 0 Å². The van der Waals surface area contributed by atoms with Gasteiger partial charge in [-0.15, -0.1) is 0 Å². The number of amides is 2. The van der Waals surface area contributed by atoms with Crippen molar-refractivity contribution in [1.82, 2.24) is 4.90 Å². The van der Waals surface area contributed by atoms with Crippen LogP contribution in [0.15, 0.2) is 18.2 Å². The number of benzene rings is 1. The standard InChI is InChI=1S/C16H24N2O5S/c1-4-18(13-8-9-24(20,21)11-13)16(19)17-12-6-7-14(22-3)15(10-12)23-5-2/h6-7,10,13H,4-5,8-9,11H2,1-3H3,(H,17,19)/t13-/m0/s1. The zero-order valence-corrected chi connectivity index (χ0v) is 15.1. The predicted octanol–water partition coefficient (Wildman–Crippen LogP) is 2.13. The number of urea groups is 1. The Morgan fingerprint density at radius 1 is 1.33 bits per heavy atom. The maximum absolute atomic E-state index is 12.5. The van der Waals surface area contributed by atoms with Crippen LogP contribution in [0.5, 0.6) is 11.5 Å². The van der Waals surface area contributed by atoms with Crippen LogP contribution in [0.2, 0.25) is 0 Å². The van der Waals surface area contributed by atoms with Crippen LogP contribution in [0.3, 0.4) is 0 Å². The second-order valence-corrected chi connectivity index (χ2v) is 7.80. The highest BCUT2D eigenvalue weighted by Crippen LogP contribution is 2.30. The Balaban J connectivity index is 2.11. The first kappa shape index (κ1) is 18.4. The smallest absolute Gasteiger partial charge is 0.322 e. The summed E-state index contributed by atoms with van der Waals surface area (Å²) >= 11 is 0. The van der Waals surface area contributed by atoms with Crippen molar-refractivity contribution in [2.45, 2.75) is 26.3 Å². The molecule has 0 aromatic heterocycles. The van der Waals surface area contributed by atoms with Gasteiger partial charge in [-0.3, -0.25) is 0 Å². The van der Waals surface area contributed by atoms with Gasteiger partial charge >= 0.3 is 6.03 Å². The van der Waals surface area contributed by atoms with E-state index in [4.69, 9.17) is 9.47 Å². The van der Waals surface area contributed by atoms with Gasteiger partial charge in [0.25, 0.3) is 0 Å². The molecule has 0 unspecified atom stereocenters. The average molecular weight is 356 g/mol. The Bertz CT molecular complexity index is 690. The third-order valence-corrected chi connectivity index (χ3v) is 5.72. The summed E-state index contributed by atoms with van der Waals surface area (Å²) in [5, 5.41) is 2.80. The van der Waals surface area contributed by atoms with Crippen molar-refractivity contribution >= 4 is 21.6 Å². The first-order valence-electron chi connectivity index (χ1n) is 7.99. The van der Waals surface area contributed by atoms with Crippen molar-refractivity contribution in [3.8, 4) is 11.5 Å². The molecule has 134 valence electrons. The fraction of sp³-hybridized carbons (Fsp3) is 0.562. The van der Waals surface area contributed by atoms with Gasteiger partial charge in [-0.05, 0) is 32.4 Å². The molecule has 1 aromatic rings. The highest BCUT2D eigenvalue weighted by molar-refractivity contribution is 7.91. The lowest BCUT2D eigenvalue weighted by atomic mass is 10.2. The monoisotopic (exact) mass is 356 g/mol. The SMILES string of the molecule is CCOc1cc(NC(=O)N(CC)[C@H]2CCS(=O)(=O)C2)ccc1OC. The molecule has 7 nitrogen and oxygen atoms in total. The third kappa shape index (κ3) is 4.31. The van der Waals surface area contributed by atoms with Gasteiger partial charge < -0.3 is 19.7 Å². The largest absolute Gasteiger partial charge is 0.493 e. The van der Waals surface area contributed by atoms with E-state index in [1.807, 2.05) is 13.8 Å². The zero-order valence-electron chi connectivity index (χ0n) is 14.2. The van der Waals surface area contributed by atoms with Gasteiger partial charge in [0.2, 0.25) is 0 Å². The van der Waals surface area contributed by atoms with Gasteiger partial charge in [0.05, 0.1) is 25.2 Å². The summed E-state index contributed by atoms with van der Waals surface area (Å²) in [5.74, 6) is 1.30. The number of carbonyl (C=O) groups excluding carboxylic acids is 1. The van der Waals surface area contributed by atoms with Crippen LogP contribution in [0.4, 0.5) is 10.5 Å². The van der Waals surface area contributed by atoms with Crippen LogP contribution in [0.1, 0.15) is 20.3 Å². The van der Waals surface area contributed by atoms with Crippen molar-refractivity contribution in [3.05, 3.63) is 18.2 Å². The number of nitrogens with one attached hydrogen (secondary N) is 1. The number of carbonyl (C=O) groups is 1. The quantitative estimate of drug-likeness (QED) is 0.844. The molecule has 24 heavy (non-hydrogen) atoms. The number of methoxy groups -OCH3 is 1. The minimum absolute atomic E-state index is 0.0288. The number of anilines is 1. The molecule has 1 aliphatic heterocycles. The summed E-state index contributed by atoms with van der Waals surface area (Å²) in [5.41, 5.74) is 0.573. The van der Waals surface area contributed by atoms with E-state index in [0.29, 0.717) is 36.8 Å². The van der Waals surface area contributed by atoms with E-state index in [2.05, 4.69) is 5.32 Å². The van der Waals surface area contributed by atoms with Crippen molar-refractivity contribution in [3.63, 3.8) is 0 Å². The van der Waals surface area contributed by atoms with Crippen molar-refractivity contribution in [1.29, 1.82) is 0 Å². The summed E-state index contributed by atoms with van der Waals surface area (Å²) in [7, 11) is -1.49. The Hall–Kier alpha value is -1.96. The van der Waals surface area contributed by atoms with E-state index in [9.17, 15) is 13.2 Å². The lowest BCUT2D eigenvalue weighted by molar-refractivity contribution is 0.197. The summed E-state index contributed by atoms with van der Waals surface area (Å²) < 4.78 is 34.0. The number of sulfone groups is 1. The molecule has 0 radical (unpaired) electrons. The van der Waals surface area contributed by atoms with E-state index in [1.165, 1.54) is 0 Å². The van der Waals surface area contributed by atoms with Crippen molar-refractivity contribution in [2.24, 2.45) is 0 Å². The maximum Gasteiger partial charge on any atom is 0.322 e.